The quantitative estimate of drug-likeness (QED) is 0.690. The van der Waals surface area contributed by atoms with E-state index in [0.29, 0.717) is 18.4 Å². The maximum atomic E-state index is 12.8. The summed E-state index contributed by atoms with van der Waals surface area (Å²) in [5.41, 5.74) is 1.15. The molecule has 1 fully saturated rings. The molecule has 0 aromatic carbocycles. The molecule has 0 aliphatic heterocycles. The van der Waals surface area contributed by atoms with Gasteiger partial charge in [-0.25, -0.2) is 4.98 Å². The molecule has 152 valence electrons. The SMILES string of the molecule is CN(C)C(=O)c1sc2ncccc2c1C1CCC(CNC(=O)c2ccno2)CC1. The third-order valence-electron chi connectivity index (χ3n) is 5.57. The van der Waals surface area contributed by atoms with Crippen molar-refractivity contribution in [1.29, 1.82) is 0 Å². The summed E-state index contributed by atoms with van der Waals surface area (Å²) in [7, 11) is 3.58. The van der Waals surface area contributed by atoms with Gasteiger partial charge < -0.3 is 14.7 Å². The molecule has 8 heteroatoms. The van der Waals surface area contributed by atoms with Crippen LogP contribution in [0.4, 0.5) is 0 Å². The van der Waals surface area contributed by atoms with Gasteiger partial charge in [0.05, 0.1) is 11.1 Å². The maximum absolute atomic E-state index is 12.8. The molecule has 0 unspecified atom stereocenters. The molecule has 3 aromatic rings. The third-order valence-corrected chi connectivity index (χ3v) is 6.69. The lowest BCUT2D eigenvalue weighted by Gasteiger charge is -2.29. The number of thiophene rings is 1. The van der Waals surface area contributed by atoms with Crippen LogP contribution in [0.1, 0.15) is 57.4 Å². The van der Waals surface area contributed by atoms with Gasteiger partial charge in [-0.05, 0) is 49.1 Å². The van der Waals surface area contributed by atoms with E-state index in [0.717, 1.165) is 46.3 Å². The van der Waals surface area contributed by atoms with Crippen molar-refractivity contribution < 1.29 is 14.1 Å². The van der Waals surface area contributed by atoms with Gasteiger partial charge in [0, 0.05) is 38.3 Å². The Labute approximate surface area is 173 Å². The van der Waals surface area contributed by atoms with Crippen molar-refractivity contribution in [3.8, 4) is 0 Å². The highest BCUT2D eigenvalue weighted by Crippen LogP contribution is 2.43. The van der Waals surface area contributed by atoms with Crippen LogP contribution in [0, 0.1) is 5.92 Å². The highest BCUT2D eigenvalue weighted by atomic mass is 32.1. The molecule has 3 aromatic heterocycles. The predicted octanol–water partition coefficient (Wildman–Crippen LogP) is 3.69. The summed E-state index contributed by atoms with van der Waals surface area (Å²) < 4.78 is 4.89. The molecule has 1 saturated carbocycles. The fraction of sp³-hybridized carbons (Fsp3) is 0.429. The Bertz CT molecular complexity index is 1000. The molecule has 0 bridgehead atoms. The van der Waals surface area contributed by atoms with E-state index < -0.39 is 0 Å². The lowest BCUT2D eigenvalue weighted by atomic mass is 9.78. The summed E-state index contributed by atoms with van der Waals surface area (Å²) in [6.07, 6.45) is 7.26. The number of nitrogens with one attached hydrogen (secondary N) is 1. The highest BCUT2D eigenvalue weighted by Gasteiger charge is 2.30. The first-order valence-corrected chi connectivity index (χ1v) is 10.6. The van der Waals surface area contributed by atoms with Crippen LogP contribution in [-0.4, -0.2) is 47.5 Å². The minimum absolute atomic E-state index is 0.0458. The number of hydrogen-bond donors (Lipinski definition) is 1. The molecule has 4 rings (SSSR count). The van der Waals surface area contributed by atoms with E-state index in [1.807, 2.05) is 6.07 Å². The molecule has 1 aliphatic carbocycles. The number of rotatable bonds is 5. The summed E-state index contributed by atoms with van der Waals surface area (Å²) >= 11 is 1.49. The number of hydrogen-bond acceptors (Lipinski definition) is 6. The summed E-state index contributed by atoms with van der Waals surface area (Å²) in [5, 5.41) is 7.60. The summed E-state index contributed by atoms with van der Waals surface area (Å²) in [6.45, 7) is 0.627. The molecular weight excluding hydrogens is 388 g/mol. The lowest BCUT2D eigenvalue weighted by Crippen LogP contribution is -2.31. The third kappa shape index (κ3) is 4.03. The van der Waals surface area contributed by atoms with E-state index in [2.05, 4.69) is 21.5 Å². The predicted molar refractivity (Wildman–Crippen MR) is 111 cm³/mol. The molecule has 2 amide bonds. The van der Waals surface area contributed by atoms with Gasteiger partial charge >= 0.3 is 0 Å². The van der Waals surface area contributed by atoms with Gasteiger partial charge in [-0.1, -0.05) is 11.2 Å². The molecule has 1 aliphatic rings. The number of carbonyl (C=O) groups excluding carboxylic acids is 2. The Hall–Kier alpha value is -2.74. The fourth-order valence-electron chi connectivity index (χ4n) is 4.03. The number of carbonyl (C=O) groups is 2. The molecule has 1 N–H and O–H groups in total. The van der Waals surface area contributed by atoms with Gasteiger partial charge in [0.2, 0.25) is 5.76 Å². The Morgan fingerprint density at radius 3 is 2.69 bits per heavy atom. The van der Waals surface area contributed by atoms with Crippen molar-refractivity contribution >= 4 is 33.4 Å². The van der Waals surface area contributed by atoms with E-state index in [1.165, 1.54) is 17.5 Å². The van der Waals surface area contributed by atoms with Gasteiger partial charge in [0.1, 0.15) is 4.83 Å². The van der Waals surface area contributed by atoms with E-state index in [9.17, 15) is 9.59 Å². The lowest BCUT2D eigenvalue weighted by molar-refractivity contribution is 0.0829. The van der Waals surface area contributed by atoms with E-state index in [4.69, 9.17) is 4.52 Å². The second-order valence-corrected chi connectivity index (χ2v) is 8.70. The van der Waals surface area contributed by atoms with Crippen molar-refractivity contribution in [1.82, 2.24) is 20.4 Å². The summed E-state index contributed by atoms with van der Waals surface area (Å²) in [4.78, 5) is 32.7. The monoisotopic (exact) mass is 412 g/mol. The minimum Gasteiger partial charge on any atom is -0.351 e. The molecule has 0 radical (unpaired) electrons. The van der Waals surface area contributed by atoms with Gasteiger partial charge in [-0.2, -0.15) is 0 Å². The first-order chi connectivity index (χ1) is 14.0. The number of pyridine rings is 1. The number of amides is 2. The average Bonchev–Trinajstić information content (AvgIpc) is 3.40. The number of aromatic nitrogens is 2. The van der Waals surface area contributed by atoms with Crippen molar-refractivity contribution in [3.63, 3.8) is 0 Å². The van der Waals surface area contributed by atoms with Crippen LogP contribution in [-0.2, 0) is 0 Å². The van der Waals surface area contributed by atoms with Crippen LogP contribution in [0.3, 0.4) is 0 Å². The smallest absolute Gasteiger partial charge is 0.289 e. The van der Waals surface area contributed by atoms with Gasteiger partial charge in [0.25, 0.3) is 11.8 Å². The topological polar surface area (TPSA) is 88.3 Å². The minimum atomic E-state index is -0.224. The Morgan fingerprint density at radius 1 is 1.21 bits per heavy atom. The van der Waals surface area contributed by atoms with Crippen molar-refractivity contribution in [2.45, 2.75) is 31.6 Å². The summed E-state index contributed by atoms with van der Waals surface area (Å²) in [6, 6.07) is 5.57. The van der Waals surface area contributed by atoms with Crippen LogP contribution in [0.2, 0.25) is 0 Å². The highest BCUT2D eigenvalue weighted by molar-refractivity contribution is 7.20. The number of fused-ring (bicyclic) bond motifs is 1. The molecule has 29 heavy (non-hydrogen) atoms. The van der Waals surface area contributed by atoms with Crippen LogP contribution < -0.4 is 5.32 Å². The van der Waals surface area contributed by atoms with Gasteiger partial charge in [-0.15, -0.1) is 11.3 Å². The zero-order chi connectivity index (χ0) is 20.4. The van der Waals surface area contributed by atoms with E-state index in [-0.39, 0.29) is 17.6 Å². The second kappa shape index (κ2) is 8.32. The van der Waals surface area contributed by atoms with Crippen LogP contribution in [0.25, 0.3) is 10.2 Å². The summed E-state index contributed by atoms with van der Waals surface area (Å²) in [5.74, 6) is 0.827. The first-order valence-electron chi connectivity index (χ1n) is 9.82. The normalized spacial score (nSPS) is 19.2. The first kappa shape index (κ1) is 19.6. The van der Waals surface area contributed by atoms with Crippen LogP contribution >= 0.6 is 11.3 Å². The molecular formula is C21H24N4O3S. The maximum Gasteiger partial charge on any atom is 0.289 e. The second-order valence-electron chi connectivity index (χ2n) is 7.70. The standard InChI is InChI=1S/C21H24N4O3S/c1-25(2)21(27)18-17(15-4-3-10-22-20(15)29-18)14-7-5-13(6-8-14)12-23-19(26)16-9-11-24-28-16/h3-4,9-11,13-14H,5-8,12H2,1-2H3,(H,23,26). The van der Waals surface area contributed by atoms with Crippen molar-refractivity contribution in [2.24, 2.45) is 5.92 Å². The molecule has 0 spiro atoms. The Kier molecular flexibility index (Phi) is 5.62. The van der Waals surface area contributed by atoms with Crippen LogP contribution in [0.5, 0.6) is 0 Å². The van der Waals surface area contributed by atoms with Crippen molar-refractivity contribution in [2.75, 3.05) is 20.6 Å². The van der Waals surface area contributed by atoms with Crippen molar-refractivity contribution in [3.05, 3.63) is 46.8 Å². The molecule has 7 nitrogen and oxygen atoms in total. The largest absolute Gasteiger partial charge is 0.351 e. The van der Waals surface area contributed by atoms with E-state index in [1.54, 1.807) is 31.3 Å². The average molecular weight is 413 g/mol. The van der Waals surface area contributed by atoms with E-state index >= 15 is 0 Å². The molecule has 0 atom stereocenters. The van der Waals surface area contributed by atoms with Gasteiger partial charge in [-0.3, -0.25) is 9.59 Å². The number of nitrogens with zero attached hydrogens (tertiary/aromatic N) is 3. The molecule has 3 heterocycles. The zero-order valence-electron chi connectivity index (χ0n) is 16.6. The molecule has 0 saturated heterocycles. The Balaban J connectivity index is 1.45. The fourth-order valence-corrected chi connectivity index (χ4v) is 5.28. The Morgan fingerprint density at radius 2 is 2.00 bits per heavy atom. The zero-order valence-corrected chi connectivity index (χ0v) is 17.4. The van der Waals surface area contributed by atoms with Crippen LogP contribution in [0.15, 0.2) is 35.1 Å². The van der Waals surface area contributed by atoms with Gasteiger partial charge in [0.15, 0.2) is 0 Å².